The first-order valence-electron chi connectivity index (χ1n) is 7.14. The SMILES string of the molecule is C\C=C(CN)/C(F)=C1/C(=O)N(C2CCC(=O)NC2=O)C/C1=C\Cl. The van der Waals surface area contributed by atoms with Crippen molar-refractivity contribution in [3.8, 4) is 0 Å². The van der Waals surface area contributed by atoms with Crippen LogP contribution in [0.4, 0.5) is 4.39 Å². The number of allylic oxidation sites excluding steroid dienone is 1. The second-order valence-electron chi connectivity index (χ2n) is 5.24. The smallest absolute Gasteiger partial charge is 0.258 e. The van der Waals surface area contributed by atoms with Crippen LogP contribution in [0.3, 0.4) is 0 Å². The summed E-state index contributed by atoms with van der Waals surface area (Å²) < 4.78 is 14.6. The maximum atomic E-state index is 14.6. The summed E-state index contributed by atoms with van der Waals surface area (Å²) in [6.45, 7) is 1.57. The van der Waals surface area contributed by atoms with Gasteiger partial charge in [-0.1, -0.05) is 17.7 Å². The molecule has 0 aliphatic carbocycles. The summed E-state index contributed by atoms with van der Waals surface area (Å²) in [6, 6.07) is -0.816. The highest BCUT2D eigenvalue weighted by molar-refractivity contribution is 6.27. The van der Waals surface area contributed by atoms with Gasteiger partial charge in [0.2, 0.25) is 11.8 Å². The second kappa shape index (κ2) is 7.06. The minimum atomic E-state index is -0.816. The highest BCUT2D eigenvalue weighted by Gasteiger charge is 2.42. The lowest BCUT2D eigenvalue weighted by atomic mass is 10.0. The van der Waals surface area contributed by atoms with Crippen molar-refractivity contribution >= 4 is 29.3 Å². The standard InChI is InChI=1S/C15H17ClFN3O3/c1-2-8(6-18)13(17)12-9(5-16)7-20(15(12)23)10-3-4-11(21)19-14(10)22/h2,5,10H,3-4,6-7,18H2,1H3,(H,19,21,22)/b8-2-,9-5+,13-12-. The van der Waals surface area contributed by atoms with Gasteiger partial charge in [-0.15, -0.1) is 0 Å². The minimum Gasteiger partial charge on any atom is -0.326 e. The van der Waals surface area contributed by atoms with E-state index in [9.17, 15) is 18.8 Å². The molecule has 2 aliphatic rings. The number of nitrogens with two attached hydrogens (primary N) is 1. The summed E-state index contributed by atoms with van der Waals surface area (Å²) in [5, 5.41) is 2.18. The van der Waals surface area contributed by atoms with E-state index in [0.717, 1.165) is 5.54 Å². The van der Waals surface area contributed by atoms with Crippen molar-refractivity contribution in [2.75, 3.05) is 13.1 Å². The van der Waals surface area contributed by atoms with E-state index >= 15 is 0 Å². The average molecular weight is 342 g/mol. The summed E-state index contributed by atoms with van der Waals surface area (Å²) in [7, 11) is 0. The fourth-order valence-electron chi connectivity index (χ4n) is 2.67. The number of carbonyl (C=O) groups is 3. The third-order valence-corrected chi connectivity index (χ3v) is 4.19. The number of carbonyl (C=O) groups excluding carboxylic acids is 3. The number of imide groups is 1. The van der Waals surface area contributed by atoms with Crippen LogP contribution in [-0.4, -0.2) is 41.8 Å². The highest BCUT2D eigenvalue weighted by atomic mass is 35.5. The van der Waals surface area contributed by atoms with Crippen LogP contribution >= 0.6 is 11.6 Å². The lowest BCUT2D eigenvalue weighted by molar-refractivity contribution is -0.142. The Hall–Kier alpha value is -1.99. The fraction of sp³-hybridized carbons (Fsp3) is 0.400. The van der Waals surface area contributed by atoms with E-state index < -0.39 is 23.7 Å². The van der Waals surface area contributed by atoms with Gasteiger partial charge in [0, 0.05) is 25.0 Å². The van der Waals surface area contributed by atoms with Crippen LogP contribution in [0, 0.1) is 0 Å². The minimum absolute atomic E-state index is 0.0128. The lowest BCUT2D eigenvalue weighted by Crippen LogP contribution is -2.52. The molecule has 0 spiro atoms. The van der Waals surface area contributed by atoms with Gasteiger partial charge in [-0.2, -0.15) is 0 Å². The number of halogens is 2. The van der Waals surface area contributed by atoms with Crippen molar-refractivity contribution in [1.29, 1.82) is 0 Å². The van der Waals surface area contributed by atoms with Gasteiger partial charge in [-0.25, -0.2) is 4.39 Å². The Morgan fingerprint density at radius 3 is 2.70 bits per heavy atom. The van der Waals surface area contributed by atoms with E-state index in [1.807, 2.05) is 0 Å². The third kappa shape index (κ3) is 3.20. The zero-order chi connectivity index (χ0) is 17.1. The number of amides is 3. The number of hydrogen-bond acceptors (Lipinski definition) is 4. The lowest BCUT2D eigenvalue weighted by Gasteiger charge is -2.28. The van der Waals surface area contributed by atoms with Crippen LogP contribution in [0.2, 0.25) is 0 Å². The Morgan fingerprint density at radius 1 is 1.48 bits per heavy atom. The molecule has 3 amide bonds. The van der Waals surface area contributed by atoms with Crippen LogP contribution in [0.1, 0.15) is 19.8 Å². The second-order valence-corrected chi connectivity index (χ2v) is 5.46. The van der Waals surface area contributed by atoms with Crippen molar-refractivity contribution in [3.63, 3.8) is 0 Å². The molecule has 1 unspecified atom stereocenters. The number of rotatable bonds is 3. The van der Waals surface area contributed by atoms with Crippen LogP contribution in [0.25, 0.3) is 0 Å². The molecule has 23 heavy (non-hydrogen) atoms. The van der Waals surface area contributed by atoms with Crippen LogP contribution in [0.15, 0.2) is 34.2 Å². The molecule has 2 saturated heterocycles. The molecule has 0 aromatic heterocycles. The molecule has 2 aliphatic heterocycles. The molecule has 0 radical (unpaired) electrons. The van der Waals surface area contributed by atoms with Gasteiger partial charge in [0.15, 0.2) is 0 Å². The summed E-state index contributed by atoms with van der Waals surface area (Å²) in [5.41, 5.74) is 6.90. The average Bonchev–Trinajstić information content (AvgIpc) is 2.85. The molecule has 1 atom stereocenters. The predicted molar refractivity (Wildman–Crippen MR) is 82.8 cm³/mol. The van der Waals surface area contributed by atoms with Crippen molar-refractivity contribution in [2.24, 2.45) is 5.73 Å². The van der Waals surface area contributed by atoms with Crippen LogP contribution in [0.5, 0.6) is 0 Å². The highest BCUT2D eigenvalue weighted by Crippen LogP contribution is 2.33. The number of nitrogens with one attached hydrogen (secondary N) is 1. The van der Waals surface area contributed by atoms with E-state index in [2.05, 4.69) is 5.32 Å². The number of hydrogen-bond donors (Lipinski definition) is 2. The third-order valence-electron chi connectivity index (χ3n) is 3.92. The molecular formula is C15H17ClFN3O3. The van der Waals surface area contributed by atoms with Gasteiger partial charge >= 0.3 is 0 Å². The predicted octanol–water partition coefficient (Wildman–Crippen LogP) is 0.885. The molecule has 2 heterocycles. The van der Waals surface area contributed by atoms with Gasteiger partial charge in [-0.3, -0.25) is 19.7 Å². The van der Waals surface area contributed by atoms with E-state index in [1.165, 1.54) is 11.0 Å². The zero-order valence-electron chi connectivity index (χ0n) is 12.6. The monoisotopic (exact) mass is 341 g/mol. The molecule has 0 bridgehead atoms. The molecule has 0 aromatic rings. The largest absolute Gasteiger partial charge is 0.326 e. The summed E-state index contributed by atoms with van der Waals surface area (Å²) >= 11 is 5.72. The Labute approximate surface area is 137 Å². The quantitative estimate of drug-likeness (QED) is 0.589. The Bertz CT molecular complexity index is 654. The maximum Gasteiger partial charge on any atom is 0.258 e. The first-order valence-corrected chi connectivity index (χ1v) is 7.57. The molecule has 0 aromatic carbocycles. The first-order chi connectivity index (χ1) is 10.9. The molecule has 8 heteroatoms. The van der Waals surface area contributed by atoms with Crippen LogP contribution < -0.4 is 11.1 Å². The normalized spacial score (nSPS) is 26.9. The van der Waals surface area contributed by atoms with Gasteiger partial charge in [0.25, 0.3) is 5.91 Å². The summed E-state index contributed by atoms with van der Waals surface area (Å²) in [4.78, 5) is 37.0. The van der Waals surface area contributed by atoms with Crippen LogP contribution in [-0.2, 0) is 14.4 Å². The van der Waals surface area contributed by atoms with Crippen molar-refractivity contribution < 1.29 is 18.8 Å². The van der Waals surface area contributed by atoms with Gasteiger partial charge in [0.1, 0.15) is 11.9 Å². The van der Waals surface area contributed by atoms with E-state index in [-0.39, 0.29) is 48.6 Å². The number of nitrogens with zero attached hydrogens (tertiary/aromatic N) is 1. The summed E-state index contributed by atoms with van der Waals surface area (Å²) in [6.07, 6.45) is 1.81. The Morgan fingerprint density at radius 2 is 2.17 bits per heavy atom. The van der Waals surface area contributed by atoms with Gasteiger partial charge in [-0.05, 0) is 24.5 Å². The summed E-state index contributed by atoms with van der Waals surface area (Å²) in [5.74, 6) is -2.30. The van der Waals surface area contributed by atoms with Crippen molar-refractivity contribution in [3.05, 3.63) is 34.2 Å². The zero-order valence-corrected chi connectivity index (χ0v) is 13.3. The maximum absolute atomic E-state index is 14.6. The van der Waals surface area contributed by atoms with Gasteiger partial charge < -0.3 is 10.6 Å². The van der Waals surface area contributed by atoms with Gasteiger partial charge in [0.05, 0.1) is 5.57 Å². The number of piperidine rings is 1. The van der Waals surface area contributed by atoms with E-state index in [1.54, 1.807) is 6.92 Å². The molecular weight excluding hydrogens is 325 g/mol. The number of likely N-dealkylation sites (tertiary alicyclic amines) is 1. The Balaban J connectivity index is 2.38. The van der Waals surface area contributed by atoms with E-state index in [4.69, 9.17) is 17.3 Å². The first kappa shape index (κ1) is 17.4. The topological polar surface area (TPSA) is 92.5 Å². The molecule has 0 saturated carbocycles. The Kier molecular flexibility index (Phi) is 5.33. The molecule has 3 N–H and O–H groups in total. The molecule has 6 nitrogen and oxygen atoms in total. The van der Waals surface area contributed by atoms with Crippen molar-refractivity contribution in [1.82, 2.24) is 10.2 Å². The van der Waals surface area contributed by atoms with E-state index in [0.29, 0.717) is 0 Å². The van der Waals surface area contributed by atoms with Crippen molar-refractivity contribution in [2.45, 2.75) is 25.8 Å². The fourth-order valence-corrected chi connectivity index (χ4v) is 2.84. The molecule has 124 valence electrons. The molecule has 2 fully saturated rings. The molecule has 2 rings (SSSR count).